The van der Waals surface area contributed by atoms with E-state index in [-0.39, 0.29) is 28.8 Å². The molecule has 1 N–H and O–H groups in total. The Morgan fingerprint density at radius 3 is 2.45 bits per heavy atom. The molecule has 2 rings (SSSR count). The first-order valence-electron chi connectivity index (χ1n) is 7.57. The van der Waals surface area contributed by atoms with Crippen LogP contribution in [0, 0.1) is 5.92 Å². The predicted molar refractivity (Wildman–Crippen MR) is 85.8 cm³/mol. The summed E-state index contributed by atoms with van der Waals surface area (Å²) < 4.78 is 26.7. The molecular formula is C16H24N2O3S. The van der Waals surface area contributed by atoms with E-state index in [0.717, 1.165) is 6.42 Å². The molecule has 5 nitrogen and oxygen atoms in total. The van der Waals surface area contributed by atoms with E-state index in [9.17, 15) is 13.2 Å². The molecule has 0 bridgehead atoms. The summed E-state index contributed by atoms with van der Waals surface area (Å²) in [5.74, 6) is -0.355. The fraction of sp³-hybridized carbons (Fsp3) is 0.562. The van der Waals surface area contributed by atoms with Gasteiger partial charge < -0.3 is 5.32 Å². The molecular weight excluding hydrogens is 300 g/mol. The minimum Gasteiger partial charge on any atom is -0.351 e. The molecule has 0 aliphatic carbocycles. The third kappa shape index (κ3) is 4.08. The summed E-state index contributed by atoms with van der Waals surface area (Å²) in [5.41, 5.74) is -0.308. The minimum absolute atomic E-state index is 0.0690. The van der Waals surface area contributed by atoms with Crippen molar-refractivity contribution in [1.82, 2.24) is 9.62 Å². The zero-order chi connectivity index (χ0) is 16.4. The van der Waals surface area contributed by atoms with Crippen molar-refractivity contribution in [2.24, 2.45) is 5.92 Å². The van der Waals surface area contributed by atoms with Gasteiger partial charge in [0.1, 0.15) is 0 Å². The van der Waals surface area contributed by atoms with Gasteiger partial charge in [-0.3, -0.25) is 4.79 Å². The van der Waals surface area contributed by atoms with E-state index in [2.05, 4.69) is 5.32 Å². The number of hydrogen-bond donors (Lipinski definition) is 1. The Morgan fingerprint density at radius 1 is 1.23 bits per heavy atom. The van der Waals surface area contributed by atoms with Crippen molar-refractivity contribution >= 4 is 15.9 Å². The highest BCUT2D eigenvalue weighted by Crippen LogP contribution is 2.24. The van der Waals surface area contributed by atoms with Crippen molar-refractivity contribution in [3.05, 3.63) is 30.3 Å². The Kier molecular flexibility index (Phi) is 4.92. The summed E-state index contributed by atoms with van der Waals surface area (Å²) in [4.78, 5) is 12.6. The molecule has 1 aromatic carbocycles. The smallest absolute Gasteiger partial charge is 0.243 e. The topological polar surface area (TPSA) is 66.5 Å². The number of hydrogen-bond acceptors (Lipinski definition) is 3. The van der Waals surface area contributed by atoms with Crippen molar-refractivity contribution in [2.75, 3.05) is 13.1 Å². The molecule has 6 heteroatoms. The van der Waals surface area contributed by atoms with Crippen LogP contribution in [0.2, 0.25) is 0 Å². The van der Waals surface area contributed by atoms with Crippen LogP contribution in [0.25, 0.3) is 0 Å². The first-order chi connectivity index (χ1) is 10.2. The van der Waals surface area contributed by atoms with E-state index in [4.69, 9.17) is 0 Å². The fourth-order valence-electron chi connectivity index (χ4n) is 2.59. The van der Waals surface area contributed by atoms with Crippen LogP contribution >= 0.6 is 0 Å². The molecule has 1 saturated heterocycles. The van der Waals surface area contributed by atoms with Crippen molar-refractivity contribution in [3.8, 4) is 0 Å². The van der Waals surface area contributed by atoms with Gasteiger partial charge in [0.05, 0.1) is 10.8 Å². The quantitative estimate of drug-likeness (QED) is 0.925. The number of nitrogens with one attached hydrogen (secondary N) is 1. The van der Waals surface area contributed by atoms with Crippen LogP contribution in [0.15, 0.2) is 35.2 Å². The second kappa shape index (κ2) is 6.38. The van der Waals surface area contributed by atoms with Gasteiger partial charge in [0.2, 0.25) is 15.9 Å². The standard InChI is InChI=1S/C16H24N2O3S/c1-16(2,3)17-15(19)13-8-7-11-18(12-13)22(20,21)14-9-5-4-6-10-14/h4-6,9-10,13H,7-8,11-12H2,1-3H3,(H,17,19)/t13-/m0/s1. The van der Waals surface area contributed by atoms with Gasteiger partial charge in [0.25, 0.3) is 0 Å². The summed E-state index contributed by atoms with van der Waals surface area (Å²) in [6, 6.07) is 8.39. The highest BCUT2D eigenvalue weighted by atomic mass is 32.2. The molecule has 0 unspecified atom stereocenters. The molecule has 1 aromatic rings. The Labute approximate surface area is 132 Å². The number of amides is 1. The summed E-state index contributed by atoms with van der Waals surface area (Å²) >= 11 is 0. The van der Waals surface area contributed by atoms with Crippen LogP contribution in [0.4, 0.5) is 0 Å². The fourth-order valence-corrected chi connectivity index (χ4v) is 4.13. The molecule has 122 valence electrons. The van der Waals surface area contributed by atoms with Gasteiger partial charge in [-0.25, -0.2) is 8.42 Å². The van der Waals surface area contributed by atoms with Gasteiger partial charge in [-0.15, -0.1) is 0 Å². The van der Waals surface area contributed by atoms with Gasteiger partial charge in [-0.05, 0) is 45.7 Å². The molecule has 0 aromatic heterocycles. The summed E-state index contributed by atoms with van der Waals surface area (Å²) in [5, 5.41) is 2.94. The molecule has 0 spiro atoms. The largest absolute Gasteiger partial charge is 0.351 e. The number of carbonyl (C=O) groups excluding carboxylic acids is 1. The van der Waals surface area contributed by atoms with Crippen LogP contribution in [-0.2, 0) is 14.8 Å². The number of rotatable bonds is 3. The van der Waals surface area contributed by atoms with E-state index in [1.165, 1.54) is 4.31 Å². The zero-order valence-electron chi connectivity index (χ0n) is 13.4. The van der Waals surface area contributed by atoms with Crippen molar-refractivity contribution in [3.63, 3.8) is 0 Å². The van der Waals surface area contributed by atoms with Gasteiger partial charge in [-0.2, -0.15) is 4.31 Å². The average Bonchev–Trinajstić information content (AvgIpc) is 2.46. The first-order valence-corrected chi connectivity index (χ1v) is 9.01. The lowest BCUT2D eigenvalue weighted by molar-refractivity contribution is -0.127. The average molecular weight is 324 g/mol. The van der Waals surface area contributed by atoms with Crippen LogP contribution in [-0.4, -0.2) is 37.3 Å². The second-order valence-electron chi connectivity index (χ2n) is 6.75. The SMILES string of the molecule is CC(C)(C)NC(=O)[C@H]1CCCN(S(=O)(=O)c2ccccc2)C1. The van der Waals surface area contributed by atoms with E-state index in [1.807, 2.05) is 20.8 Å². The van der Waals surface area contributed by atoms with Crippen molar-refractivity contribution in [1.29, 1.82) is 0 Å². The maximum Gasteiger partial charge on any atom is 0.243 e. The monoisotopic (exact) mass is 324 g/mol. The molecule has 1 fully saturated rings. The van der Waals surface area contributed by atoms with E-state index in [1.54, 1.807) is 30.3 Å². The van der Waals surface area contributed by atoms with Crippen molar-refractivity contribution < 1.29 is 13.2 Å². The molecule has 1 atom stereocenters. The highest BCUT2D eigenvalue weighted by Gasteiger charge is 2.34. The second-order valence-corrected chi connectivity index (χ2v) is 8.69. The van der Waals surface area contributed by atoms with Crippen LogP contribution in [0.1, 0.15) is 33.6 Å². The summed E-state index contributed by atoms with van der Waals surface area (Å²) in [6.07, 6.45) is 1.43. The number of nitrogens with zero attached hydrogens (tertiary/aromatic N) is 1. The maximum absolute atomic E-state index is 12.6. The third-order valence-corrected chi connectivity index (χ3v) is 5.51. The van der Waals surface area contributed by atoms with Gasteiger partial charge >= 0.3 is 0 Å². The molecule has 22 heavy (non-hydrogen) atoms. The normalized spacial score (nSPS) is 20.6. The van der Waals surface area contributed by atoms with E-state index < -0.39 is 10.0 Å². The zero-order valence-corrected chi connectivity index (χ0v) is 14.2. The molecule has 1 heterocycles. The lowest BCUT2D eigenvalue weighted by atomic mass is 9.97. The lowest BCUT2D eigenvalue weighted by Gasteiger charge is -2.33. The molecule has 1 aliphatic rings. The molecule has 1 amide bonds. The molecule has 0 radical (unpaired) electrons. The third-order valence-electron chi connectivity index (χ3n) is 3.63. The number of benzene rings is 1. The number of carbonyl (C=O) groups is 1. The molecule has 1 aliphatic heterocycles. The van der Waals surface area contributed by atoms with Crippen LogP contribution in [0.3, 0.4) is 0 Å². The van der Waals surface area contributed by atoms with Gasteiger partial charge in [0.15, 0.2) is 0 Å². The molecule has 0 saturated carbocycles. The Bertz CT molecular complexity index is 621. The first kappa shape index (κ1) is 17.0. The van der Waals surface area contributed by atoms with Crippen LogP contribution in [0.5, 0.6) is 0 Å². The number of piperidine rings is 1. The van der Waals surface area contributed by atoms with Gasteiger partial charge in [0, 0.05) is 18.6 Å². The summed E-state index contributed by atoms with van der Waals surface area (Å²) in [6.45, 7) is 6.49. The minimum atomic E-state index is -3.52. The van der Waals surface area contributed by atoms with E-state index in [0.29, 0.717) is 13.0 Å². The number of sulfonamides is 1. The van der Waals surface area contributed by atoms with Gasteiger partial charge in [-0.1, -0.05) is 18.2 Å². The summed E-state index contributed by atoms with van der Waals surface area (Å²) in [7, 11) is -3.52. The Hall–Kier alpha value is -1.40. The highest BCUT2D eigenvalue weighted by molar-refractivity contribution is 7.89. The Morgan fingerprint density at radius 2 is 1.86 bits per heavy atom. The Balaban J connectivity index is 2.12. The predicted octanol–water partition coefficient (Wildman–Crippen LogP) is 2.00. The lowest BCUT2D eigenvalue weighted by Crippen LogP contribution is -2.49. The van der Waals surface area contributed by atoms with Crippen molar-refractivity contribution in [2.45, 2.75) is 44.0 Å². The maximum atomic E-state index is 12.6. The van der Waals surface area contributed by atoms with E-state index >= 15 is 0 Å². The van der Waals surface area contributed by atoms with Crippen LogP contribution < -0.4 is 5.32 Å².